The van der Waals surface area contributed by atoms with E-state index in [1.165, 1.54) is 32.4 Å². The van der Waals surface area contributed by atoms with Gasteiger partial charge in [0.1, 0.15) is 12.1 Å². The Morgan fingerprint density at radius 2 is 1.83 bits per heavy atom. The van der Waals surface area contributed by atoms with Crippen molar-refractivity contribution in [3.8, 4) is 11.8 Å². The number of hydrogen-bond donors (Lipinski definition) is 2. The molecule has 0 saturated carbocycles. The zero-order valence-corrected chi connectivity index (χ0v) is 11.1. The van der Waals surface area contributed by atoms with Gasteiger partial charge < -0.3 is 10.0 Å². The molecule has 1 aromatic rings. The van der Waals surface area contributed by atoms with Gasteiger partial charge in [-0.3, -0.25) is 0 Å². The highest BCUT2D eigenvalue weighted by atomic mass is 16.3. The first kappa shape index (κ1) is 13.1. The van der Waals surface area contributed by atoms with Crippen LogP contribution in [-0.4, -0.2) is 24.7 Å². The minimum Gasteiger partial charge on any atom is -0.374 e. The van der Waals surface area contributed by atoms with Gasteiger partial charge in [-0.1, -0.05) is 36.3 Å². The molecule has 2 heteroatoms. The molecule has 2 N–H and O–H groups in total. The van der Waals surface area contributed by atoms with Gasteiger partial charge in [0.05, 0.1) is 13.1 Å². The van der Waals surface area contributed by atoms with E-state index in [9.17, 15) is 5.11 Å². The van der Waals surface area contributed by atoms with E-state index in [1.807, 2.05) is 30.3 Å². The summed E-state index contributed by atoms with van der Waals surface area (Å²) in [5.41, 5.74) is -0.164. The lowest BCUT2D eigenvalue weighted by atomic mass is 9.97. The Hall–Kier alpha value is -1.30. The zero-order chi connectivity index (χ0) is 12.8. The summed E-state index contributed by atoms with van der Waals surface area (Å²) < 4.78 is 0. The zero-order valence-electron chi connectivity index (χ0n) is 11.1. The Balaban J connectivity index is 1.95. The third-order valence-corrected chi connectivity index (χ3v) is 3.57. The van der Waals surface area contributed by atoms with E-state index in [1.54, 1.807) is 11.8 Å². The van der Waals surface area contributed by atoms with E-state index in [-0.39, 0.29) is 0 Å². The third-order valence-electron chi connectivity index (χ3n) is 3.57. The summed E-state index contributed by atoms with van der Waals surface area (Å²) in [4.78, 5) is 1.55. The first-order valence-corrected chi connectivity index (χ1v) is 6.80. The second kappa shape index (κ2) is 6.04. The van der Waals surface area contributed by atoms with Gasteiger partial charge in [0.2, 0.25) is 0 Å². The molecule has 1 saturated heterocycles. The Morgan fingerprint density at radius 3 is 2.50 bits per heavy atom. The molecule has 0 aromatic heterocycles. The molecular formula is C16H22NO+. The second-order valence-electron chi connectivity index (χ2n) is 5.23. The van der Waals surface area contributed by atoms with Crippen LogP contribution in [0.4, 0.5) is 0 Å². The summed E-state index contributed by atoms with van der Waals surface area (Å²) in [6, 6.07) is 9.65. The van der Waals surface area contributed by atoms with Crippen molar-refractivity contribution in [2.45, 2.75) is 31.8 Å². The van der Waals surface area contributed by atoms with Crippen molar-refractivity contribution >= 4 is 0 Å². The Kier molecular flexibility index (Phi) is 4.41. The van der Waals surface area contributed by atoms with Crippen LogP contribution in [0.5, 0.6) is 0 Å². The molecule has 1 heterocycles. The van der Waals surface area contributed by atoms with Crippen LogP contribution >= 0.6 is 0 Å². The van der Waals surface area contributed by atoms with Gasteiger partial charge in [0, 0.05) is 0 Å². The van der Waals surface area contributed by atoms with E-state index in [2.05, 4.69) is 11.8 Å². The molecule has 0 unspecified atom stereocenters. The number of rotatable bonds is 2. The molecule has 1 aliphatic rings. The maximum absolute atomic E-state index is 10.3. The van der Waals surface area contributed by atoms with E-state index in [0.29, 0.717) is 0 Å². The van der Waals surface area contributed by atoms with Gasteiger partial charge in [0.15, 0.2) is 0 Å². The third kappa shape index (κ3) is 3.60. The van der Waals surface area contributed by atoms with Crippen molar-refractivity contribution in [1.82, 2.24) is 0 Å². The average Bonchev–Trinajstić information content (AvgIpc) is 2.41. The summed E-state index contributed by atoms with van der Waals surface area (Å²) in [7, 11) is 0. The van der Waals surface area contributed by atoms with Crippen LogP contribution in [-0.2, 0) is 5.60 Å². The number of nitrogens with one attached hydrogen (secondary N) is 1. The van der Waals surface area contributed by atoms with Crippen LogP contribution in [0.3, 0.4) is 0 Å². The molecule has 0 bridgehead atoms. The van der Waals surface area contributed by atoms with Gasteiger partial charge in [-0.15, -0.1) is 0 Å². The minimum atomic E-state index is -1.03. The van der Waals surface area contributed by atoms with Gasteiger partial charge in [-0.25, -0.2) is 0 Å². The first-order valence-electron chi connectivity index (χ1n) is 6.80. The lowest BCUT2D eigenvalue weighted by molar-refractivity contribution is -0.897. The van der Waals surface area contributed by atoms with Crippen molar-refractivity contribution in [1.29, 1.82) is 0 Å². The topological polar surface area (TPSA) is 24.7 Å². The number of aliphatic hydroxyl groups is 1. The molecule has 0 spiro atoms. The summed E-state index contributed by atoms with van der Waals surface area (Å²) in [6.45, 7) is 5.06. The Bertz CT molecular complexity index is 421. The van der Waals surface area contributed by atoms with Crippen molar-refractivity contribution < 1.29 is 10.0 Å². The van der Waals surface area contributed by atoms with Crippen LogP contribution in [0.15, 0.2) is 30.3 Å². The fourth-order valence-electron chi connectivity index (χ4n) is 2.40. The molecule has 1 aromatic carbocycles. The van der Waals surface area contributed by atoms with Crippen molar-refractivity contribution in [3.63, 3.8) is 0 Å². The number of quaternary nitrogens is 1. The van der Waals surface area contributed by atoms with Crippen LogP contribution in [0.25, 0.3) is 0 Å². The van der Waals surface area contributed by atoms with Crippen molar-refractivity contribution in [2.75, 3.05) is 19.6 Å². The number of likely N-dealkylation sites (tertiary alicyclic amines) is 1. The second-order valence-corrected chi connectivity index (χ2v) is 5.23. The van der Waals surface area contributed by atoms with E-state index >= 15 is 0 Å². The van der Waals surface area contributed by atoms with Crippen LogP contribution in [0.2, 0.25) is 0 Å². The fourth-order valence-corrected chi connectivity index (χ4v) is 2.40. The smallest absolute Gasteiger partial charge is 0.148 e. The molecule has 0 radical (unpaired) electrons. The Morgan fingerprint density at radius 1 is 1.17 bits per heavy atom. The van der Waals surface area contributed by atoms with Gasteiger partial charge >= 0.3 is 0 Å². The predicted molar refractivity (Wildman–Crippen MR) is 73.2 cm³/mol. The largest absolute Gasteiger partial charge is 0.374 e. The predicted octanol–water partition coefficient (Wildman–Crippen LogP) is 0.966. The summed E-state index contributed by atoms with van der Waals surface area (Å²) >= 11 is 0. The molecule has 1 atom stereocenters. The maximum atomic E-state index is 10.3. The number of piperidine rings is 1. The molecule has 96 valence electrons. The highest BCUT2D eigenvalue weighted by Crippen LogP contribution is 2.18. The van der Waals surface area contributed by atoms with Gasteiger partial charge in [0.25, 0.3) is 0 Å². The highest BCUT2D eigenvalue weighted by molar-refractivity contribution is 5.30. The highest BCUT2D eigenvalue weighted by Gasteiger charge is 2.19. The fraction of sp³-hybridized carbons (Fsp3) is 0.500. The number of benzene rings is 1. The first-order chi connectivity index (χ1) is 8.68. The van der Waals surface area contributed by atoms with E-state index in [0.717, 1.165) is 12.1 Å². The maximum Gasteiger partial charge on any atom is 0.148 e. The monoisotopic (exact) mass is 244 g/mol. The lowest BCUT2D eigenvalue weighted by Gasteiger charge is -2.21. The summed E-state index contributed by atoms with van der Waals surface area (Å²) in [5, 5.41) is 10.3. The van der Waals surface area contributed by atoms with Gasteiger partial charge in [-0.05, 0) is 37.7 Å². The van der Waals surface area contributed by atoms with Gasteiger partial charge in [-0.2, -0.15) is 0 Å². The van der Waals surface area contributed by atoms with Crippen LogP contribution in [0, 0.1) is 11.8 Å². The molecule has 2 nitrogen and oxygen atoms in total. The van der Waals surface area contributed by atoms with Crippen LogP contribution < -0.4 is 4.90 Å². The summed E-state index contributed by atoms with van der Waals surface area (Å²) in [5.74, 6) is 6.16. The molecule has 0 amide bonds. The number of hydrogen-bond acceptors (Lipinski definition) is 1. The lowest BCUT2D eigenvalue weighted by Crippen LogP contribution is -3.12. The molecule has 1 fully saturated rings. The average molecular weight is 244 g/mol. The van der Waals surface area contributed by atoms with E-state index < -0.39 is 5.60 Å². The quantitative estimate of drug-likeness (QED) is 0.744. The molecule has 18 heavy (non-hydrogen) atoms. The molecule has 0 aliphatic carbocycles. The molecular weight excluding hydrogens is 222 g/mol. The molecule has 1 aliphatic heterocycles. The van der Waals surface area contributed by atoms with Crippen molar-refractivity contribution in [3.05, 3.63) is 35.9 Å². The molecule has 2 rings (SSSR count). The van der Waals surface area contributed by atoms with Crippen molar-refractivity contribution in [2.24, 2.45) is 0 Å². The van der Waals surface area contributed by atoms with Crippen LogP contribution in [0.1, 0.15) is 31.7 Å². The normalized spacial score (nSPS) is 19.7. The standard InChI is InChI=1S/C16H21NO/c1-16(18,15-9-4-2-5-10-15)11-8-14-17-12-6-3-7-13-17/h2,4-5,9-10,18H,3,6-7,12-14H2,1H3/p+1/t16-/m0/s1. The Labute approximate surface area is 110 Å². The SMILES string of the molecule is C[C@](O)(C#CC[NH+]1CCCCC1)c1ccccc1. The van der Waals surface area contributed by atoms with E-state index in [4.69, 9.17) is 0 Å². The summed E-state index contributed by atoms with van der Waals surface area (Å²) in [6.07, 6.45) is 3.98. The minimum absolute atomic E-state index is 0.850.